The van der Waals surface area contributed by atoms with E-state index in [4.69, 9.17) is 10.7 Å². The molecule has 1 atom stereocenters. The molecule has 1 aliphatic rings. The van der Waals surface area contributed by atoms with E-state index in [1.54, 1.807) is 12.5 Å². The van der Waals surface area contributed by atoms with Crippen LogP contribution in [0.15, 0.2) is 90.3 Å². The standard InChI is InChI=1S/C25H21N5O/c26-13-16-4-3-5-18(12-16)24(23-20-6-1-2-7-21(20)30-25(23)31)29-19-10-8-17(9-11-19)22-14-27-15-28-22/h1-12,14-15,23H,13,26H2,(H,27,28)(H,30,31). The lowest BCUT2D eigenvalue weighted by Crippen LogP contribution is -2.22. The molecule has 1 aromatic heterocycles. The molecule has 1 amide bonds. The molecule has 6 nitrogen and oxygen atoms in total. The van der Waals surface area contributed by atoms with Crippen LogP contribution in [0.2, 0.25) is 0 Å². The maximum atomic E-state index is 13.0. The number of carbonyl (C=O) groups excluding carboxylic acids is 1. The van der Waals surface area contributed by atoms with Crippen molar-refractivity contribution in [1.29, 1.82) is 0 Å². The Bertz CT molecular complexity index is 1260. The summed E-state index contributed by atoms with van der Waals surface area (Å²) < 4.78 is 0. The minimum absolute atomic E-state index is 0.0767. The van der Waals surface area contributed by atoms with Crippen LogP contribution in [0.5, 0.6) is 0 Å². The fourth-order valence-electron chi connectivity index (χ4n) is 3.90. The van der Waals surface area contributed by atoms with Gasteiger partial charge in [0.05, 0.1) is 29.6 Å². The first-order valence-corrected chi connectivity index (χ1v) is 10.1. The molecule has 0 radical (unpaired) electrons. The molecule has 4 aromatic rings. The van der Waals surface area contributed by atoms with Gasteiger partial charge in [-0.3, -0.25) is 9.79 Å². The molecule has 0 saturated heterocycles. The Morgan fingerprint density at radius 2 is 1.87 bits per heavy atom. The number of imidazole rings is 1. The predicted octanol–water partition coefficient (Wildman–Crippen LogP) is 4.39. The highest BCUT2D eigenvalue weighted by Crippen LogP contribution is 2.36. The molecule has 0 spiro atoms. The number of aliphatic imine (C=N–C) groups is 1. The topological polar surface area (TPSA) is 96.2 Å². The number of benzene rings is 3. The number of anilines is 1. The van der Waals surface area contributed by atoms with Crippen molar-refractivity contribution in [3.05, 3.63) is 102 Å². The summed E-state index contributed by atoms with van der Waals surface area (Å²) in [4.78, 5) is 25.1. The Morgan fingerprint density at radius 1 is 1.03 bits per heavy atom. The molecule has 6 heteroatoms. The Hall–Kier alpha value is -4.03. The van der Waals surface area contributed by atoms with E-state index in [1.807, 2.05) is 72.8 Å². The number of nitrogens with zero attached hydrogens (tertiary/aromatic N) is 2. The summed E-state index contributed by atoms with van der Waals surface area (Å²) in [5.41, 5.74) is 12.9. The van der Waals surface area contributed by atoms with Crippen molar-refractivity contribution >= 4 is 23.0 Å². The monoisotopic (exact) mass is 407 g/mol. The van der Waals surface area contributed by atoms with Crippen LogP contribution in [0.25, 0.3) is 11.3 Å². The summed E-state index contributed by atoms with van der Waals surface area (Å²) >= 11 is 0. The number of hydrogen-bond donors (Lipinski definition) is 3. The van der Waals surface area contributed by atoms with E-state index in [1.165, 1.54) is 0 Å². The zero-order chi connectivity index (χ0) is 21.2. The van der Waals surface area contributed by atoms with Crippen molar-refractivity contribution in [1.82, 2.24) is 9.97 Å². The van der Waals surface area contributed by atoms with Gasteiger partial charge in [0.1, 0.15) is 5.92 Å². The smallest absolute Gasteiger partial charge is 0.238 e. The van der Waals surface area contributed by atoms with Crippen LogP contribution < -0.4 is 11.1 Å². The molecule has 0 aliphatic carbocycles. The van der Waals surface area contributed by atoms with Gasteiger partial charge in [-0.1, -0.05) is 48.5 Å². The van der Waals surface area contributed by atoms with Gasteiger partial charge in [0, 0.05) is 12.2 Å². The highest BCUT2D eigenvalue weighted by molar-refractivity contribution is 6.24. The van der Waals surface area contributed by atoms with E-state index in [2.05, 4.69) is 15.3 Å². The van der Waals surface area contributed by atoms with Gasteiger partial charge in [-0.25, -0.2) is 4.98 Å². The molecule has 1 unspecified atom stereocenters. The lowest BCUT2D eigenvalue weighted by atomic mass is 9.90. The van der Waals surface area contributed by atoms with E-state index in [0.29, 0.717) is 12.3 Å². The van der Waals surface area contributed by atoms with Crippen molar-refractivity contribution in [3.8, 4) is 11.3 Å². The molecule has 2 heterocycles. The number of aromatic amines is 1. The summed E-state index contributed by atoms with van der Waals surface area (Å²) in [5.74, 6) is -0.566. The molecule has 5 rings (SSSR count). The Labute approximate surface area is 179 Å². The van der Waals surface area contributed by atoms with Gasteiger partial charge in [0.2, 0.25) is 5.91 Å². The second kappa shape index (κ2) is 8.01. The van der Waals surface area contributed by atoms with Crippen LogP contribution in [0.4, 0.5) is 11.4 Å². The summed E-state index contributed by atoms with van der Waals surface area (Å²) in [6.07, 6.45) is 3.43. The quantitative estimate of drug-likeness (QED) is 0.428. The minimum atomic E-state index is -0.489. The molecule has 3 aromatic carbocycles. The zero-order valence-corrected chi connectivity index (χ0v) is 16.7. The summed E-state index contributed by atoms with van der Waals surface area (Å²) in [5, 5.41) is 2.98. The predicted molar refractivity (Wildman–Crippen MR) is 122 cm³/mol. The number of para-hydroxylation sites is 1. The van der Waals surface area contributed by atoms with E-state index in [-0.39, 0.29) is 5.91 Å². The van der Waals surface area contributed by atoms with Crippen LogP contribution >= 0.6 is 0 Å². The molecule has 4 N–H and O–H groups in total. The highest BCUT2D eigenvalue weighted by Gasteiger charge is 2.35. The van der Waals surface area contributed by atoms with Crippen molar-refractivity contribution in [2.24, 2.45) is 10.7 Å². The third kappa shape index (κ3) is 3.65. The second-order valence-electron chi connectivity index (χ2n) is 7.42. The van der Waals surface area contributed by atoms with Gasteiger partial charge < -0.3 is 16.0 Å². The number of nitrogens with one attached hydrogen (secondary N) is 2. The Kier molecular flexibility index (Phi) is 4.90. The van der Waals surface area contributed by atoms with E-state index in [9.17, 15) is 4.79 Å². The van der Waals surface area contributed by atoms with Crippen LogP contribution in [-0.4, -0.2) is 21.6 Å². The van der Waals surface area contributed by atoms with Gasteiger partial charge in [-0.15, -0.1) is 0 Å². The van der Waals surface area contributed by atoms with Gasteiger partial charge in [0.15, 0.2) is 0 Å². The summed E-state index contributed by atoms with van der Waals surface area (Å²) in [6.45, 7) is 0.424. The van der Waals surface area contributed by atoms with Crippen molar-refractivity contribution < 1.29 is 4.79 Å². The van der Waals surface area contributed by atoms with Gasteiger partial charge in [-0.2, -0.15) is 0 Å². The number of rotatable bonds is 5. The molecule has 0 bridgehead atoms. The van der Waals surface area contributed by atoms with Crippen LogP contribution in [0.1, 0.15) is 22.6 Å². The maximum Gasteiger partial charge on any atom is 0.238 e. The molecule has 1 aliphatic heterocycles. The normalized spacial score (nSPS) is 15.6. The van der Waals surface area contributed by atoms with E-state index >= 15 is 0 Å². The largest absolute Gasteiger partial charge is 0.345 e. The average Bonchev–Trinajstić information content (AvgIpc) is 3.46. The maximum absolute atomic E-state index is 13.0. The van der Waals surface area contributed by atoms with Crippen LogP contribution in [0, 0.1) is 0 Å². The molecular formula is C25H21N5O. The number of carbonyl (C=O) groups is 1. The first-order valence-electron chi connectivity index (χ1n) is 10.1. The lowest BCUT2D eigenvalue weighted by molar-refractivity contribution is -0.115. The number of aromatic nitrogens is 2. The third-order valence-corrected chi connectivity index (χ3v) is 5.45. The van der Waals surface area contributed by atoms with Crippen molar-refractivity contribution in [2.75, 3.05) is 5.32 Å². The third-order valence-electron chi connectivity index (χ3n) is 5.45. The van der Waals surface area contributed by atoms with Gasteiger partial charge in [-0.05, 0) is 46.5 Å². The molecule has 31 heavy (non-hydrogen) atoms. The number of hydrogen-bond acceptors (Lipinski definition) is 4. The Balaban J connectivity index is 1.61. The number of fused-ring (bicyclic) bond motifs is 1. The number of H-pyrrole nitrogens is 1. The second-order valence-corrected chi connectivity index (χ2v) is 7.42. The SMILES string of the molecule is NCc1cccc(C(=Nc2ccc(-c3cnc[nH]3)cc2)C2C(=O)Nc3ccccc32)c1. The first-order chi connectivity index (χ1) is 15.2. The molecule has 0 saturated carbocycles. The zero-order valence-electron chi connectivity index (χ0n) is 16.7. The fourth-order valence-corrected chi connectivity index (χ4v) is 3.90. The van der Waals surface area contributed by atoms with Gasteiger partial charge in [0.25, 0.3) is 0 Å². The molecule has 0 fully saturated rings. The minimum Gasteiger partial charge on any atom is -0.345 e. The molecular weight excluding hydrogens is 386 g/mol. The lowest BCUT2D eigenvalue weighted by Gasteiger charge is -2.15. The van der Waals surface area contributed by atoms with Crippen molar-refractivity contribution in [2.45, 2.75) is 12.5 Å². The number of nitrogens with two attached hydrogens (primary N) is 1. The van der Waals surface area contributed by atoms with Crippen molar-refractivity contribution in [3.63, 3.8) is 0 Å². The van der Waals surface area contributed by atoms with Gasteiger partial charge >= 0.3 is 0 Å². The van der Waals surface area contributed by atoms with Crippen LogP contribution in [-0.2, 0) is 11.3 Å². The fraction of sp³-hybridized carbons (Fsp3) is 0.0800. The first kappa shape index (κ1) is 19.0. The highest BCUT2D eigenvalue weighted by atomic mass is 16.2. The summed E-state index contributed by atoms with van der Waals surface area (Å²) in [6, 6.07) is 23.5. The average molecular weight is 407 g/mol. The number of amides is 1. The van der Waals surface area contributed by atoms with E-state index in [0.717, 1.165) is 39.3 Å². The Morgan fingerprint density at radius 3 is 2.65 bits per heavy atom. The van der Waals surface area contributed by atoms with E-state index < -0.39 is 5.92 Å². The summed E-state index contributed by atoms with van der Waals surface area (Å²) in [7, 11) is 0. The van der Waals surface area contributed by atoms with Crippen LogP contribution in [0.3, 0.4) is 0 Å². The molecule has 152 valence electrons.